The molecule has 2 heterocycles. The van der Waals surface area contributed by atoms with E-state index >= 15 is 0 Å². The van der Waals surface area contributed by atoms with E-state index in [0.29, 0.717) is 14.7 Å². The summed E-state index contributed by atoms with van der Waals surface area (Å²) in [6.45, 7) is 6.07. The van der Waals surface area contributed by atoms with Crippen LogP contribution in [-0.4, -0.2) is 76.4 Å². The lowest BCUT2D eigenvalue weighted by Crippen LogP contribution is -2.79. The molecule has 0 bridgehead atoms. The maximum Gasteiger partial charge on any atom is 0.274 e. The molecular formula is C19H25N5O8. The predicted octanol–water partition coefficient (Wildman–Crippen LogP) is -1.27. The van der Waals surface area contributed by atoms with Gasteiger partial charge in [-0.2, -0.15) is 0 Å². The van der Waals surface area contributed by atoms with E-state index in [2.05, 4.69) is 9.97 Å². The van der Waals surface area contributed by atoms with Gasteiger partial charge in [0.25, 0.3) is 5.79 Å². The molecule has 1 aromatic heterocycles. The van der Waals surface area contributed by atoms with E-state index in [-0.39, 0.29) is 11.4 Å². The summed E-state index contributed by atoms with van der Waals surface area (Å²) >= 11 is 0. The van der Waals surface area contributed by atoms with E-state index < -0.39 is 59.5 Å². The van der Waals surface area contributed by atoms with Crippen molar-refractivity contribution in [1.82, 2.24) is 19.8 Å². The molecule has 4 amide bonds. The van der Waals surface area contributed by atoms with Crippen LogP contribution in [-0.2, 0) is 24.0 Å². The van der Waals surface area contributed by atoms with Crippen molar-refractivity contribution in [3.63, 3.8) is 0 Å². The number of carbonyl (C=O) groups excluding carboxylic acids is 5. The minimum absolute atomic E-state index is 0.219. The highest BCUT2D eigenvalue weighted by Gasteiger charge is 2.63. The number of ketones is 1. The molecule has 32 heavy (non-hydrogen) atoms. The predicted molar refractivity (Wildman–Crippen MR) is 106 cm³/mol. The fraction of sp³-hybridized carbons (Fsp3) is 0.526. The molecule has 1 aliphatic rings. The third kappa shape index (κ3) is 3.63. The molecule has 2 rings (SSSR count). The first-order valence-corrected chi connectivity index (χ1v) is 9.55. The van der Waals surface area contributed by atoms with Crippen molar-refractivity contribution in [1.29, 1.82) is 0 Å². The minimum Gasteiger partial charge on any atom is -0.390 e. The van der Waals surface area contributed by atoms with Crippen molar-refractivity contribution in [2.75, 3.05) is 4.90 Å². The monoisotopic (exact) mass is 451 g/mol. The molecule has 4 unspecified atom stereocenters. The number of aliphatic hydroxyl groups excluding tert-OH is 3. The zero-order valence-corrected chi connectivity index (χ0v) is 18.4. The van der Waals surface area contributed by atoms with Gasteiger partial charge in [0.2, 0.25) is 23.6 Å². The van der Waals surface area contributed by atoms with Crippen molar-refractivity contribution in [2.24, 2.45) is 0 Å². The highest BCUT2D eigenvalue weighted by atomic mass is 16.3. The summed E-state index contributed by atoms with van der Waals surface area (Å²) in [5, 5.41) is 30.9. The van der Waals surface area contributed by atoms with Crippen LogP contribution >= 0.6 is 0 Å². The van der Waals surface area contributed by atoms with Crippen LogP contribution < -0.4 is 4.90 Å². The van der Waals surface area contributed by atoms with E-state index in [4.69, 9.17) is 0 Å². The Bertz CT molecular complexity index is 982. The van der Waals surface area contributed by atoms with E-state index in [1.165, 1.54) is 6.92 Å². The van der Waals surface area contributed by atoms with Gasteiger partial charge >= 0.3 is 0 Å². The smallest absolute Gasteiger partial charge is 0.274 e. The summed E-state index contributed by atoms with van der Waals surface area (Å²) in [4.78, 5) is 73.1. The molecule has 0 aliphatic carbocycles. The third-order valence-electron chi connectivity index (χ3n) is 4.98. The number of aromatic nitrogens is 2. The molecule has 13 nitrogen and oxygen atoms in total. The Morgan fingerprint density at radius 1 is 1.03 bits per heavy atom. The fourth-order valence-corrected chi connectivity index (χ4v) is 3.80. The quantitative estimate of drug-likeness (QED) is 0.499. The highest BCUT2D eigenvalue weighted by Crippen LogP contribution is 2.44. The average Bonchev–Trinajstić information content (AvgIpc) is 2.65. The number of hydrogen-bond donors (Lipinski definition) is 3. The SMILES string of the molecule is CC(=O)N(C(C)=O)C1(C(C)=O)N(C(C)=O)c2nc(C(O)C(C)O)cnc2C(O)N1C(C)=O. The molecule has 0 radical (unpaired) electrons. The number of amides is 4. The third-order valence-corrected chi connectivity index (χ3v) is 4.98. The van der Waals surface area contributed by atoms with Gasteiger partial charge in [0.1, 0.15) is 11.8 Å². The highest BCUT2D eigenvalue weighted by molar-refractivity contribution is 6.10. The van der Waals surface area contributed by atoms with Crippen molar-refractivity contribution < 1.29 is 39.3 Å². The summed E-state index contributed by atoms with van der Waals surface area (Å²) in [6.07, 6.45) is -3.81. The molecule has 13 heteroatoms. The van der Waals surface area contributed by atoms with Crippen LogP contribution in [0.5, 0.6) is 0 Å². The first kappa shape index (κ1) is 25.0. The van der Waals surface area contributed by atoms with Crippen LogP contribution in [0.3, 0.4) is 0 Å². The molecule has 1 aromatic rings. The van der Waals surface area contributed by atoms with Gasteiger partial charge in [-0.25, -0.2) is 14.8 Å². The van der Waals surface area contributed by atoms with Crippen molar-refractivity contribution in [3.8, 4) is 0 Å². The Labute approximate surface area is 183 Å². The van der Waals surface area contributed by atoms with Crippen LogP contribution in [0.4, 0.5) is 5.82 Å². The number of rotatable bonds is 4. The van der Waals surface area contributed by atoms with Crippen molar-refractivity contribution >= 4 is 35.2 Å². The van der Waals surface area contributed by atoms with Crippen LogP contribution in [0, 0.1) is 0 Å². The number of fused-ring (bicyclic) bond motifs is 1. The number of anilines is 1. The normalized spacial score (nSPS) is 22.0. The van der Waals surface area contributed by atoms with Crippen LogP contribution in [0.1, 0.15) is 65.3 Å². The summed E-state index contributed by atoms with van der Waals surface area (Å²) in [6, 6.07) is 0. The Balaban J connectivity index is 3.06. The van der Waals surface area contributed by atoms with E-state index in [1.54, 1.807) is 0 Å². The average molecular weight is 451 g/mol. The summed E-state index contributed by atoms with van der Waals surface area (Å²) in [7, 11) is 0. The second-order valence-electron chi connectivity index (χ2n) is 7.37. The Kier molecular flexibility index (Phi) is 6.78. The van der Waals surface area contributed by atoms with Crippen LogP contribution in [0.25, 0.3) is 0 Å². The zero-order chi connectivity index (χ0) is 24.7. The summed E-state index contributed by atoms with van der Waals surface area (Å²) < 4.78 is 0. The second-order valence-corrected chi connectivity index (χ2v) is 7.37. The van der Waals surface area contributed by atoms with Gasteiger partial charge in [-0.3, -0.25) is 33.9 Å². The number of nitrogens with zero attached hydrogens (tertiary/aromatic N) is 5. The van der Waals surface area contributed by atoms with Crippen molar-refractivity contribution in [2.45, 2.75) is 65.8 Å². The number of carbonyl (C=O) groups is 5. The topological polar surface area (TPSA) is 182 Å². The molecule has 0 saturated heterocycles. The number of hydrogen-bond acceptors (Lipinski definition) is 10. The maximum atomic E-state index is 13.1. The second kappa shape index (κ2) is 8.68. The Morgan fingerprint density at radius 3 is 1.94 bits per heavy atom. The number of imide groups is 1. The lowest BCUT2D eigenvalue weighted by Gasteiger charge is -2.55. The van der Waals surface area contributed by atoms with E-state index in [0.717, 1.165) is 40.8 Å². The van der Waals surface area contributed by atoms with Gasteiger partial charge in [-0.1, -0.05) is 0 Å². The Hall–Kier alpha value is -3.29. The van der Waals surface area contributed by atoms with E-state index in [1.807, 2.05) is 0 Å². The lowest BCUT2D eigenvalue weighted by atomic mass is 10.0. The van der Waals surface area contributed by atoms with Crippen LogP contribution in [0.15, 0.2) is 6.20 Å². The van der Waals surface area contributed by atoms with Gasteiger partial charge in [0.05, 0.1) is 18.0 Å². The molecule has 4 atom stereocenters. The molecule has 174 valence electrons. The maximum absolute atomic E-state index is 13.1. The summed E-state index contributed by atoms with van der Waals surface area (Å²) in [5.41, 5.74) is -0.566. The standard InChI is InChI=1S/C19H25N5O8/c1-8(25)16(31)14-7-20-15-17(21-14)23(12(5)29)19(9(2)26,22(10(3)27)11(4)28)24(13(6)30)18(15)32/h7-8,16,18,25,31-32H,1-6H3. The van der Waals surface area contributed by atoms with Gasteiger partial charge in [0, 0.05) is 34.6 Å². The Morgan fingerprint density at radius 2 is 1.56 bits per heavy atom. The molecule has 3 N–H and O–H groups in total. The minimum atomic E-state index is -2.73. The molecule has 1 aliphatic heterocycles. The number of aliphatic hydroxyl groups is 3. The zero-order valence-electron chi connectivity index (χ0n) is 18.4. The molecule has 0 fully saturated rings. The van der Waals surface area contributed by atoms with Gasteiger partial charge < -0.3 is 15.3 Å². The lowest BCUT2D eigenvalue weighted by molar-refractivity contribution is -0.190. The molecule has 0 aromatic carbocycles. The van der Waals surface area contributed by atoms with Crippen molar-refractivity contribution in [3.05, 3.63) is 17.6 Å². The van der Waals surface area contributed by atoms with Crippen LogP contribution in [0.2, 0.25) is 0 Å². The first-order chi connectivity index (χ1) is 14.7. The first-order valence-electron chi connectivity index (χ1n) is 9.55. The van der Waals surface area contributed by atoms with E-state index in [9.17, 15) is 39.3 Å². The van der Waals surface area contributed by atoms with Gasteiger partial charge in [-0.05, 0) is 6.92 Å². The van der Waals surface area contributed by atoms with Gasteiger partial charge in [0.15, 0.2) is 17.8 Å². The fourth-order valence-electron chi connectivity index (χ4n) is 3.80. The molecule has 0 spiro atoms. The number of Topliss-reactive ketones (excluding diaryl/α,β-unsaturated/α-hetero) is 1. The molecule has 0 saturated carbocycles. The summed E-state index contributed by atoms with van der Waals surface area (Å²) in [5.74, 6) is -8.09. The largest absolute Gasteiger partial charge is 0.390 e. The van der Waals surface area contributed by atoms with Gasteiger partial charge in [-0.15, -0.1) is 0 Å². The molecular weight excluding hydrogens is 426 g/mol.